The Labute approximate surface area is 195 Å². The van der Waals surface area contributed by atoms with Crippen molar-refractivity contribution < 1.29 is 28.8 Å². The molecular weight excluding hydrogens is 651 g/mol. The molecular formula is C20H33I3NO-. The minimum atomic E-state index is 0. The highest BCUT2D eigenvalue weighted by atomic mass is 128. The number of nitrogens with zero attached hydrogens (tertiary/aromatic N) is 1. The van der Waals surface area contributed by atoms with Crippen LogP contribution in [-0.4, -0.2) is 6.29 Å². The summed E-state index contributed by atoms with van der Waals surface area (Å²) in [7, 11) is 0. The van der Waals surface area contributed by atoms with Crippen molar-refractivity contribution in [3.8, 4) is 6.07 Å². The zero-order chi connectivity index (χ0) is 18.2. The van der Waals surface area contributed by atoms with Gasteiger partial charge in [0.25, 0.3) is 0 Å². The molecule has 0 aliphatic heterocycles. The Hall–Kier alpha value is 1.09. The van der Waals surface area contributed by atoms with Gasteiger partial charge in [-0.05, 0) is 43.4 Å². The molecule has 0 amide bonds. The fourth-order valence-electron chi connectivity index (χ4n) is 3.78. The van der Waals surface area contributed by atoms with Gasteiger partial charge < -0.3 is 28.8 Å². The molecule has 5 heteroatoms. The lowest BCUT2D eigenvalue weighted by molar-refractivity contribution is -0.112. The lowest BCUT2D eigenvalue weighted by atomic mass is 9.81. The molecule has 2 rings (SSSR count). The summed E-state index contributed by atoms with van der Waals surface area (Å²) in [5.41, 5.74) is 0. The van der Waals surface area contributed by atoms with Gasteiger partial charge >= 0.3 is 0 Å². The zero-order valence-corrected chi connectivity index (χ0v) is 22.1. The van der Waals surface area contributed by atoms with Crippen LogP contribution in [-0.2, 0) is 4.79 Å². The van der Waals surface area contributed by atoms with Crippen LogP contribution >= 0.6 is 37.2 Å². The second-order valence-electron chi connectivity index (χ2n) is 7.14. The normalized spacial score (nSPS) is 20.6. The Balaban J connectivity index is 0. The van der Waals surface area contributed by atoms with Crippen LogP contribution in [0.2, 0.25) is 0 Å². The second-order valence-corrected chi connectivity index (χ2v) is 7.14. The minimum absolute atomic E-state index is 0. The third-order valence-electron chi connectivity index (χ3n) is 5.48. The predicted octanol–water partition coefficient (Wildman–Crippen LogP) is 4.46. The Morgan fingerprint density at radius 2 is 1.28 bits per heavy atom. The van der Waals surface area contributed by atoms with E-state index in [0.29, 0.717) is 17.8 Å². The van der Waals surface area contributed by atoms with Crippen molar-refractivity contribution in [1.29, 1.82) is 5.26 Å². The second kappa shape index (κ2) is 19.8. The van der Waals surface area contributed by atoms with Crippen molar-refractivity contribution in [1.82, 2.24) is 0 Å². The van der Waals surface area contributed by atoms with Gasteiger partial charge in [0.1, 0.15) is 6.29 Å². The summed E-state index contributed by atoms with van der Waals surface area (Å²) in [4.78, 5) is 10.4. The molecule has 2 aliphatic carbocycles. The van der Waals surface area contributed by atoms with Crippen LogP contribution in [0.5, 0.6) is 0 Å². The predicted molar refractivity (Wildman–Crippen MR) is 120 cm³/mol. The Morgan fingerprint density at radius 3 is 1.64 bits per heavy atom. The van der Waals surface area contributed by atoms with E-state index in [1.807, 2.05) is 6.92 Å². The highest BCUT2D eigenvalue weighted by Gasteiger charge is 2.19. The van der Waals surface area contributed by atoms with Crippen LogP contribution in [0.25, 0.3) is 0 Å². The van der Waals surface area contributed by atoms with Crippen molar-refractivity contribution in [2.24, 2.45) is 23.7 Å². The number of hydrogen-bond donors (Lipinski definition) is 0. The summed E-state index contributed by atoms with van der Waals surface area (Å²) in [5.74, 6) is 2.44. The van der Waals surface area contributed by atoms with E-state index in [9.17, 15) is 4.79 Å². The number of hydrogen-bond acceptors (Lipinski definition) is 2. The molecule has 25 heavy (non-hydrogen) atoms. The first-order valence-corrected chi connectivity index (χ1v) is 15.6. The maximum Gasteiger partial charge on any atom is 0.123 e. The van der Waals surface area contributed by atoms with E-state index in [-0.39, 0.29) is 24.0 Å². The molecule has 0 saturated heterocycles. The molecule has 2 atom stereocenters. The number of carbonyl (C=O) groups excluding carboxylic acids is 1. The summed E-state index contributed by atoms with van der Waals surface area (Å²) in [6.07, 6.45) is 18.3. The average molecular weight is 684 g/mol. The summed E-state index contributed by atoms with van der Waals surface area (Å²) in [6, 6.07) is 2.06. The van der Waals surface area contributed by atoms with Gasteiger partial charge in [-0.3, -0.25) is 0 Å². The molecule has 2 saturated carbocycles. The van der Waals surface area contributed by atoms with Gasteiger partial charge in [-0.15, -0.1) is 0 Å². The highest BCUT2D eigenvalue weighted by Crippen LogP contribution is 2.30. The van der Waals surface area contributed by atoms with Crippen molar-refractivity contribution >= 4 is 43.5 Å². The number of halogens is 3. The molecule has 0 aromatic carbocycles. The van der Waals surface area contributed by atoms with Crippen LogP contribution < -0.4 is 24.0 Å². The van der Waals surface area contributed by atoms with Crippen LogP contribution in [0.3, 0.4) is 0 Å². The largest absolute Gasteiger partial charge is 1.00 e. The van der Waals surface area contributed by atoms with Crippen LogP contribution in [0.15, 0.2) is 12.2 Å². The number of aldehydes is 1. The van der Waals surface area contributed by atoms with Crippen LogP contribution in [0.1, 0.15) is 78.1 Å². The Bertz CT molecular complexity index is 370. The lowest BCUT2D eigenvalue weighted by Crippen LogP contribution is -3.00. The molecule has 0 radical (unpaired) electrons. The molecule has 0 bridgehead atoms. The number of nitriles is 1. The smallest absolute Gasteiger partial charge is 0.123 e. The van der Waals surface area contributed by atoms with E-state index in [0.717, 1.165) is 12.2 Å². The van der Waals surface area contributed by atoms with Crippen molar-refractivity contribution in [3.05, 3.63) is 12.2 Å². The lowest BCUT2D eigenvalue weighted by Gasteiger charge is -2.25. The van der Waals surface area contributed by atoms with E-state index < -0.39 is 0 Å². The zero-order valence-electron chi connectivity index (χ0n) is 15.6. The molecule has 2 aliphatic rings. The minimum Gasteiger partial charge on any atom is -1.00 e. The van der Waals surface area contributed by atoms with E-state index in [2.05, 4.69) is 56.3 Å². The van der Waals surface area contributed by atoms with Gasteiger partial charge in [-0.2, -0.15) is 5.26 Å². The third-order valence-corrected chi connectivity index (χ3v) is 5.48. The Kier molecular flexibility index (Phi) is 22.5. The first kappa shape index (κ1) is 28.3. The van der Waals surface area contributed by atoms with Gasteiger partial charge in [0.15, 0.2) is 0 Å². The van der Waals surface area contributed by atoms with Crippen molar-refractivity contribution in [2.45, 2.75) is 78.1 Å². The molecule has 146 valence electrons. The fourth-order valence-corrected chi connectivity index (χ4v) is 3.78. The van der Waals surface area contributed by atoms with Crippen LogP contribution in [0.4, 0.5) is 0 Å². The van der Waals surface area contributed by atoms with E-state index >= 15 is 0 Å². The van der Waals surface area contributed by atoms with E-state index in [4.69, 9.17) is 5.26 Å². The van der Waals surface area contributed by atoms with Gasteiger partial charge in [-0.25, -0.2) is 0 Å². The van der Waals surface area contributed by atoms with Gasteiger partial charge in [0.2, 0.25) is 0 Å². The number of carbonyl (C=O) groups is 1. The van der Waals surface area contributed by atoms with Gasteiger partial charge in [0, 0.05) is 49.2 Å². The van der Waals surface area contributed by atoms with Crippen molar-refractivity contribution in [3.63, 3.8) is 0 Å². The fraction of sp³-hybridized carbons (Fsp3) is 0.800. The molecule has 0 N–H and O–H groups in total. The maximum atomic E-state index is 10.4. The summed E-state index contributed by atoms with van der Waals surface area (Å²) in [6.45, 7) is 4.27. The van der Waals surface area contributed by atoms with Crippen LogP contribution in [0, 0.1) is 35.0 Å². The third kappa shape index (κ3) is 13.8. The molecule has 2 unspecified atom stereocenters. The molecule has 2 nitrogen and oxygen atoms in total. The molecule has 0 aromatic heterocycles. The van der Waals surface area contributed by atoms with E-state index in [1.54, 1.807) is 6.08 Å². The summed E-state index contributed by atoms with van der Waals surface area (Å²) in [5, 5.41) is 8.38. The standard InChI is InChI=1S/C11H17N.C9H16O.I2.HI/c1-10(6-5-9-12)11-7-3-2-4-8-11;1-8(7-10)9-5-3-2-4-6-9;1-2;/h5-6,10-11H,2-4,7-8H2,1H3;7-9H,2-6H2,1H3;;1H/p-1. The van der Waals surface area contributed by atoms with E-state index in [1.165, 1.54) is 64.2 Å². The van der Waals surface area contributed by atoms with Gasteiger partial charge in [0.05, 0.1) is 6.07 Å². The monoisotopic (exact) mass is 684 g/mol. The molecule has 0 aromatic rings. The first-order valence-electron chi connectivity index (χ1n) is 9.35. The van der Waals surface area contributed by atoms with Gasteiger partial charge in [-0.1, -0.05) is 58.4 Å². The first-order chi connectivity index (χ1) is 11.7. The highest BCUT2D eigenvalue weighted by molar-refractivity contribution is 15.0. The molecule has 2 fully saturated rings. The number of allylic oxidation sites excluding steroid dienone is 2. The summed E-state index contributed by atoms with van der Waals surface area (Å²) < 4.78 is 0. The SMILES string of the molecule is CC(C=CC#N)C1CCCCC1.CC(C=O)C1CCCCC1.II.[I-]. The van der Waals surface area contributed by atoms with Crippen molar-refractivity contribution in [2.75, 3.05) is 0 Å². The Morgan fingerprint density at radius 1 is 0.880 bits per heavy atom. The topological polar surface area (TPSA) is 40.9 Å². The quantitative estimate of drug-likeness (QED) is 0.250. The molecule has 0 spiro atoms. The number of rotatable bonds is 4. The maximum absolute atomic E-state index is 10.4. The molecule has 0 heterocycles. The summed E-state index contributed by atoms with van der Waals surface area (Å²) >= 11 is 4.24. The average Bonchev–Trinajstić information content (AvgIpc) is 2.69.